The number of fused-ring (bicyclic) bond motifs is 1. The molecule has 1 amide bonds. The van der Waals surface area contributed by atoms with Crippen molar-refractivity contribution < 1.29 is 18.0 Å². The van der Waals surface area contributed by atoms with Gasteiger partial charge in [0, 0.05) is 30.2 Å². The summed E-state index contributed by atoms with van der Waals surface area (Å²) in [5, 5.41) is 12.9. The molecule has 3 rings (SSSR count). The SMILES string of the molecule is CN(CCC#N)C(=O)c1cc2nc(-c3ccc(Cl)cc3)cc(C(F)(F)F)n2n1. The summed E-state index contributed by atoms with van der Waals surface area (Å²) in [6.07, 6.45) is -4.61. The lowest BCUT2D eigenvalue weighted by atomic mass is 10.1. The third-order valence-corrected chi connectivity index (χ3v) is 4.23. The molecular formula is C18H13ClF3N5O. The monoisotopic (exact) mass is 407 g/mol. The van der Waals surface area contributed by atoms with Gasteiger partial charge in [0.15, 0.2) is 17.0 Å². The van der Waals surface area contributed by atoms with Crippen molar-refractivity contribution in [3.63, 3.8) is 0 Å². The molecule has 0 fully saturated rings. The van der Waals surface area contributed by atoms with Crippen molar-refractivity contribution >= 4 is 23.2 Å². The van der Waals surface area contributed by atoms with Gasteiger partial charge in [-0.15, -0.1) is 0 Å². The minimum Gasteiger partial charge on any atom is -0.339 e. The highest BCUT2D eigenvalue weighted by Crippen LogP contribution is 2.32. The number of amides is 1. The molecule has 0 unspecified atom stereocenters. The van der Waals surface area contributed by atoms with Gasteiger partial charge in [-0.3, -0.25) is 4.79 Å². The molecule has 0 atom stereocenters. The Hall–Kier alpha value is -3.12. The molecule has 2 heterocycles. The summed E-state index contributed by atoms with van der Waals surface area (Å²) in [5.41, 5.74) is -0.837. The van der Waals surface area contributed by atoms with Crippen molar-refractivity contribution in [2.75, 3.05) is 13.6 Å². The van der Waals surface area contributed by atoms with Crippen molar-refractivity contribution in [3.05, 3.63) is 52.8 Å². The average molecular weight is 408 g/mol. The molecule has 0 aliphatic heterocycles. The highest BCUT2D eigenvalue weighted by Gasteiger charge is 2.35. The molecule has 0 aliphatic rings. The van der Waals surface area contributed by atoms with Crippen LogP contribution in [-0.4, -0.2) is 39.0 Å². The summed E-state index contributed by atoms with van der Waals surface area (Å²) in [6, 6.07) is 10.2. The molecular weight excluding hydrogens is 395 g/mol. The van der Waals surface area contributed by atoms with Gasteiger partial charge >= 0.3 is 6.18 Å². The van der Waals surface area contributed by atoms with Crippen LogP contribution in [0.4, 0.5) is 13.2 Å². The van der Waals surface area contributed by atoms with Crippen molar-refractivity contribution in [1.29, 1.82) is 5.26 Å². The van der Waals surface area contributed by atoms with Crippen LogP contribution in [0, 0.1) is 11.3 Å². The molecule has 0 aliphatic carbocycles. The van der Waals surface area contributed by atoms with Crippen molar-refractivity contribution in [1.82, 2.24) is 19.5 Å². The fourth-order valence-electron chi connectivity index (χ4n) is 2.56. The van der Waals surface area contributed by atoms with E-state index in [9.17, 15) is 18.0 Å². The van der Waals surface area contributed by atoms with Gasteiger partial charge < -0.3 is 4.90 Å². The second-order valence-electron chi connectivity index (χ2n) is 5.97. The fraction of sp³-hybridized carbons (Fsp3) is 0.222. The molecule has 1 aromatic carbocycles. The van der Waals surface area contributed by atoms with Gasteiger partial charge in [0.25, 0.3) is 5.91 Å². The molecule has 144 valence electrons. The van der Waals surface area contributed by atoms with Crippen LogP contribution in [0.15, 0.2) is 36.4 Å². The first-order valence-corrected chi connectivity index (χ1v) is 8.45. The Bertz CT molecular complexity index is 1070. The van der Waals surface area contributed by atoms with Crippen LogP contribution < -0.4 is 0 Å². The van der Waals surface area contributed by atoms with Gasteiger partial charge in [-0.25, -0.2) is 9.50 Å². The van der Waals surface area contributed by atoms with E-state index in [-0.39, 0.29) is 30.0 Å². The lowest BCUT2D eigenvalue weighted by Crippen LogP contribution is -2.28. The number of carbonyl (C=O) groups excluding carboxylic acids is 1. The number of halogens is 4. The Morgan fingerprint density at radius 2 is 1.96 bits per heavy atom. The highest BCUT2D eigenvalue weighted by atomic mass is 35.5. The van der Waals surface area contributed by atoms with Crippen LogP contribution in [0.25, 0.3) is 16.9 Å². The predicted octanol–water partition coefficient (Wildman–Crippen LogP) is 4.05. The third-order valence-electron chi connectivity index (χ3n) is 3.98. The van der Waals surface area contributed by atoms with E-state index in [1.54, 1.807) is 24.3 Å². The molecule has 0 saturated carbocycles. The number of benzene rings is 1. The maximum Gasteiger partial charge on any atom is 0.433 e. The van der Waals surface area contributed by atoms with Crippen molar-refractivity contribution in [3.8, 4) is 17.3 Å². The number of hydrogen-bond donors (Lipinski definition) is 0. The van der Waals surface area contributed by atoms with E-state index in [1.807, 2.05) is 6.07 Å². The van der Waals surface area contributed by atoms with Gasteiger partial charge in [0.2, 0.25) is 0 Å². The average Bonchev–Trinajstić information content (AvgIpc) is 3.08. The van der Waals surface area contributed by atoms with E-state index in [4.69, 9.17) is 16.9 Å². The van der Waals surface area contributed by atoms with E-state index in [2.05, 4.69) is 10.1 Å². The third kappa shape index (κ3) is 3.92. The van der Waals surface area contributed by atoms with Gasteiger partial charge in [0.05, 0.1) is 18.2 Å². The summed E-state index contributed by atoms with van der Waals surface area (Å²) < 4.78 is 41.3. The Balaban J connectivity index is 2.12. The Morgan fingerprint density at radius 1 is 1.29 bits per heavy atom. The zero-order valence-corrected chi connectivity index (χ0v) is 15.3. The molecule has 0 bridgehead atoms. The van der Waals surface area contributed by atoms with Gasteiger partial charge in [0.1, 0.15) is 0 Å². The number of aromatic nitrogens is 3. The largest absolute Gasteiger partial charge is 0.433 e. The molecule has 2 aromatic heterocycles. The Morgan fingerprint density at radius 3 is 2.57 bits per heavy atom. The number of nitrogens with zero attached hydrogens (tertiary/aromatic N) is 5. The number of carbonyl (C=O) groups is 1. The van der Waals surface area contributed by atoms with E-state index < -0.39 is 17.8 Å². The Labute approximate surface area is 162 Å². The van der Waals surface area contributed by atoms with E-state index in [1.165, 1.54) is 18.0 Å². The standard InChI is InChI=1S/C18H13ClF3N5O/c1-26(8-2-7-23)17(28)14-10-16-24-13(11-3-5-12(19)6-4-11)9-15(18(20,21)22)27(16)25-14/h3-6,9-10H,2,8H2,1H3. The minimum atomic E-state index is -4.71. The van der Waals surface area contributed by atoms with Crippen molar-refractivity contribution in [2.45, 2.75) is 12.6 Å². The summed E-state index contributed by atoms with van der Waals surface area (Å²) in [7, 11) is 1.45. The van der Waals surface area contributed by atoms with Crippen LogP contribution in [-0.2, 0) is 6.18 Å². The second-order valence-corrected chi connectivity index (χ2v) is 6.40. The van der Waals surface area contributed by atoms with Gasteiger partial charge in [-0.05, 0) is 18.2 Å². The van der Waals surface area contributed by atoms with Crippen LogP contribution in [0.3, 0.4) is 0 Å². The lowest BCUT2D eigenvalue weighted by molar-refractivity contribution is -0.142. The van der Waals surface area contributed by atoms with E-state index in [0.29, 0.717) is 15.1 Å². The number of alkyl halides is 3. The summed E-state index contributed by atoms with van der Waals surface area (Å²) in [6.45, 7) is 0.138. The molecule has 6 nitrogen and oxygen atoms in total. The summed E-state index contributed by atoms with van der Waals surface area (Å²) in [5.74, 6) is -0.595. The molecule has 0 saturated heterocycles. The number of nitriles is 1. The first-order valence-electron chi connectivity index (χ1n) is 8.07. The molecule has 3 aromatic rings. The molecule has 0 spiro atoms. The number of hydrogen-bond acceptors (Lipinski definition) is 4. The number of rotatable bonds is 4. The highest BCUT2D eigenvalue weighted by molar-refractivity contribution is 6.30. The van der Waals surface area contributed by atoms with Crippen LogP contribution in [0.2, 0.25) is 5.02 Å². The minimum absolute atomic E-state index is 0.0771. The molecule has 10 heteroatoms. The quantitative estimate of drug-likeness (QED) is 0.653. The lowest BCUT2D eigenvalue weighted by Gasteiger charge is -2.13. The van der Waals surface area contributed by atoms with Crippen LogP contribution >= 0.6 is 11.6 Å². The second kappa shape index (κ2) is 7.48. The van der Waals surface area contributed by atoms with E-state index in [0.717, 1.165) is 6.07 Å². The fourth-order valence-corrected chi connectivity index (χ4v) is 2.69. The van der Waals surface area contributed by atoms with E-state index >= 15 is 0 Å². The first kappa shape index (κ1) is 19.6. The molecule has 0 N–H and O–H groups in total. The summed E-state index contributed by atoms with van der Waals surface area (Å²) >= 11 is 5.83. The van der Waals surface area contributed by atoms with Crippen LogP contribution in [0.1, 0.15) is 22.6 Å². The molecule has 28 heavy (non-hydrogen) atoms. The topological polar surface area (TPSA) is 74.3 Å². The predicted molar refractivity (Wildman–Crippen MR) is 95.6 cm³/mol. The summed E-state index contributed by atoms with van der Waals surface area (Å²) in [4.78, 5) is 17.8. The maximum atomic E-state index is 13.6. The zero-order chi connectivity index (χ0) is 20.5. The van der Waals surface area contributed by atoms with Crippen LogP contribution in [0.5, 0.6) is 0 Å². The molecule has 0 radical (unpaired) electrons. The normalized spacial score (nSPS) is 11.4. The smallest absolute Gasteiger partial charge is 0.339 e. The maximum absolute atomic E-state index is 13.6. The first-order chi connectivity index (χ1) is 13.2. The van der Waals surface area contributed by atoms with Crippen molar-refractivity contribution in [2.24, 2.45) is 0 Å². The Kier molecular flexibility index (Phi) is 5.25. The van der Waals surface area contributed by atoms with Gasteiger partial charge in [-0.2, -0.15) is 23.5 Å². The van der Waals surface area contributed by atoms with Gasteiger partial charge in [-0.1, -0.05) is 23.7 Å². The zero-order valence-electron chi connectivity index (χ0n) is 14.5.